The zero-order valence-electron chi connectivity index (χ0n) is 11.3. The molecule has 0 spiro atoms. The summed E-state index contributed by atoms with van der Waals surface area (Å²) in [6, 6.07) is 0. The number of hydrogen-bond donors (Lipinski definition) is 1. The van der Waals surface area contributed by atoms with E-state index in [2.05, 4.69) is 41.3 Å². The van der Waals surface area contributed by atoms with E-state index < -0.39 is 0 Å². The average Bonchev–Trinajstić information content (AvgIpc) is 2.38. The third-order valence-corrected chi connectivity index (χ3v) is 2.71. The van der Waals surface area contributed by atoms with Gasteiger partial charge >= 0.3 is 0 Å². The minimum Gasteiger partial charge on any atom is -0.341 e. The summed E-state index contributed by atoms with van der Waals surface area (Å²) < 4.78 is 0. The molecule has 1 heterocycles. The van der Waals surface area contributed by atoms with Gasteiger partial charge in [-0.3, -0.25) is 0 Å². The van der Waals surface area contributed by atoms with Crippen LogP contribution in [0.3, 0.4) is 0 Å². The van der Waals surface area contributed by atoms with Crippen molar-refractivity contribution in [2.75, 3.05) is 31.6 Å². The number of rotatable bonds is 7. The first-order chi connectivity index (χ1) is 8.22. The Morgan fingerprint density at radius 2 is 1.76 bits per heavy atom. The van der Waals surface area contributed by atoms with E-state index in [1.165, 1.54) is 0 Å². The van der Waals surface area contributed by atoms with Gasteiger partial charge in [-0.15, -0.1) is 5.10 Å². The van der Waals surface area contributed by atoms with Gasteiger partial charge in [0.05, 0.1) is 11.4 Å². The van der Waals surface area contributed by atoms with Crippen molar-refractivity contribution in [3.05, 3.63) is 11.4 Å². The van der Waals surface area contributed by atoms with Crippen molar-refractivity contribution in [1.29, 1.82) is 0 Å². The van der Waals surface area contributed by atoms with Gasteiger partial charge in [-0.1, -0.05) is 20.8 Å². The Balaban J connectivity index is 2.70. The average molecular weight is 237 g/mol. The van der Waals surface area contributed by atoms with Gasteiger partial charge in [-0.25, -0.2) is 4.98 Å². The molecule has 0 aliphatic rings. The highest BCUT2D eigenvalue weighted by Gasteiger charge is 2.09. The number of hydrogen-bond acceptors (Lipinski definition) is 5. The maximum absolute atomic E-state index is 4.57. The van der Waals surface area contributed by atoms with Crippen molar-refractivity contribution in [2.24, 2.45) is 0 Å². The van der Waals surface area contributed by atoms with Crippen molar-refractivity contribution in [1.82, 2.24) is 20.5 Å². The standard InChI is InChI=1S/C12H23N5/c1-5-10-11(6-2)15-16-12(14-10)17(4)9-8-13-7-3/h13H,5-9H2,1-4H3. The quantitative estimate of drug-likeness (QED) is 0.718. The number of anilines is 1. The lowest BCUT2D eigenvalue weighted by molar-refractivity contribution is 0.688. The second-order valence-corrected chi connectivity index (χ2v) is 3.99. The normalized spacial score (nSPS) is 10.6. The van der Waals surface area contributed by atoms with Crippen LogP contribution in [0.1, 0.15) is 32.2 Å². The molecule has 0 radical (unpaired) electrons. The van der Waals surface area contributed by atoms with E-state index in [0.29, 0.717) is 0 Å². The maximum Gasteiger partial charge on any atom is 0.245 e. The first-order valence-electron chi connectivity index (χ1n) is 6.37. The molecule has 0 bridgehead atoms. The molecule has 5 heteroatoms. The monoisotopic (exact) mass is 237 g/mol. The van der Waals surface area contributed by atoms with Crippen LogP contribution in [-0.4, -0.2) is 41.9 Å². The van der Waals surface area contributed by atoms with E-state index in [-0.39, 0.29) is 0 Å². The predicted molar refractivity (Wildman–Crippen MR) is 70.4 cm³/mol. The largest absolute Gasteiger partial charge is 0.341 e. The topological polar surface area (TPSA) is 53.9 Å². The summed E-state index contributed by atoms with van der Waals surface area (Å²) >= 11 is 0. The van der Waals surface area contributed by atoms with E-state index in [1.54, 1.807) is 0 Å². The molecule has 1 aromatic heterocycles. The Morgan fingerprint density at radius 1 is 1.06 bits per heavy atom. The molecule has 0 unspecified atom stereocenters. The van der Waals surface area contributed by atoms with Crippen LogP contribution in [0.2, 0.25) is 0 Å². The highest BCUT2D eigenvalue weighted by atomic mass is 15.3. The van der Waals surface area contributed by atoms with Crippen LogP contribution >= 0.6 is 0 Å². The SMILES string of the molecule is CCNCCN(C)c1nnc(CC)c(CC)n1. The second kappa shape index (κ2) is 7.17. The Morgan fingerprint density at radius 3 is 2.35 bits per heavy atom. The predicted octanol–water partition coefficient (Wildman–Crippen LogP) is 1.04. The second-order valence-electron chi connectivity index (χ2n) is 3.99. The van der Waals surface area contributed by atoms with Crippen LogP contribution < -0.4 is 10.2 Å². The summed E-state index contributed by atoms with van der Waals surface area (Å²) in [6.45, 7) is 9.10. The Labute approximate surface area is 104 Å². The molecule has 96 valence electrons. The smallest absolute Gasteiger partial charge is 0.245 e. The summed E-state index contributed by atoms with van der Waals surface area (Å²) in [7, 11) is 2.00. The Hall–Kier alpha value is -1.23. The number of aryl methyl sites for hydroxylation is 2. The molecular weight excluding hydrogens is 214 g/mol. The van der Waals surface area contributed by atoms with Gasteiger partial charge in [0.1, 0.15) is 0 Å². The highest BCUT2D eigenvalue weighted by molar-refractivity contribution is 5.28. The zero-order chi connectivity index (χ0) is 12.7. The molecule has 0 saturated heterocycles. The van der Waals surface area contributed by atoms with Gasteiger partial charge in [0, 0.05) is 20.1 Å². The molecule has 0 aliphatic carbocycles. The lowest BCUT2D eigenvalue weighted by atomic mass is 10.2. The van der Waals surface area contributed by atoms with E-state index in [4.69, 9.17) is 0 Å². The molecule has 0 aliphatic heterocycles. The first-order valence-corrected chi connectivity index (χ1v) is 6.37. The van der Waals surface area contributed by atoms with E-state index in [1.807, 2.05) is 11.9 Å². The summed E-state index contributed by atoms with van der Waals surface area (Å²) in [5.41, 5.74) is 2.07. The lowest BCUT2D eigenvalue weighted by Crippen LogP contribution is -2.30. The minimum absolute atomic E-state index is 0.719. The minimum atomic E-state index is 0.719. The van der Waals surface area contributed by atoms with Crippen molar-refractivity contribution in [2.45, 2.75) is 33.6 Å². The summed E-state index contributed by atoms with van der Waals surface area (Å²) in [4.78, 5) is 6.60. The van der Waals surface area contributed by atoms with Gasteiger partial charge in [0.15, 0.2) is 0 Å². The molecule has 0 aromatic carbocycles. The Kier molecular flexibility index (Phi) is 5.83. The molecule has 0 amide bonds. The van der Waals surface area contributed by atoms with Crippen LogP contribution in [0, 0.1) is 0 Å². The van der Waals surface area contributed by atoms with Crippen LogP contribution in [0.5, 0.6) is 0 Å². The van der Waals surface area contributed by atoms with Crippen LogP contribution in [0.15, 0.2) is 0 Å². The van der Waals surface area contributed by atoms with Crippen molar-refractivity contribution >= 4 is 5.95 Å². The maximum atomic E-state index is 4.57. The fraction of sp³-hybridized carbons (Fsp3) is 0.750. The first kappa shape index (κ1) is 13.8. The van der Waals surface area contributed by atoms with Gasteiger partial charge in [-0.2, -0.15) is 5.10 Å². The van der Waals surface area contributed by atoms with E-state index in [9.17, 15) is 0 Å². The number of nitrogens with one attached hydrogen (secondary N) is 1. The molecule has 0 fully saturated rings. The third kappa shape index (κ3) is 3.93. The molecule has 1 rings (SSSR count). The van der Waals surface area contributed by atoms with Gasteiger partial charge in [-0.05, 0) is 19.4 Å². The van der Waals surface area contributed by atoms with Crippen molar-refractivity contribution in [3.63, 3.8) is 0 Å². The molecule has 17 heavy (non-hydrogen) atoms. The van der Waals surface area contributed by atoms with Crippen molar-refractivity contribution in [3.8, 4) is 0 Å². The summed E-state index contributed by atoms with van der Waals surface area (Å²) in [5.74, 6) is 0.719. The lowest BCUT2D eigenvalue weighted by Gasteiger charge is -2.17. The third-order valence-electron chi connectivity index (χ3n) is 2.71. The number of nitrogens with zero attached hydrogens (tertiary/aromatic N) is 4. The fourth-order valence-electron chi connectivity index (χ4n) is 1.61. The molecule has 5 nitrogen and oxygen atoms in total. The van der Waals surface area contributed by atoms with Gasteiger partial charge in [0.25, 0.3) is 0 Å². The van der Waals surface area contributed by atoms with Crippen molar-refractivity contribution < 1.29 is 0 Å². The van der Waals surface area contributed by atoms with Gasteiger partial charge in [0.2, 0.25) is 5.95 Å². The Bertz CT molecular complexity index is 340. The molecule has 1 aromatic rings. The summed E-state index contributed by atoms with van der Waals surface area (Å²) in [6.07, 6.45) is 1.80. The van der Waals surface area contributed by atoms with Crippen LogP contribution in [0.25, 0.3) is 0 Å². The van der Waals surface area contributed by atoms with Crippen LogP contribution in [0.4, 0.5) is 5.95 Å². The molecule has 0 atom stereocenters. The van der Waals surface area contributed by atoms with E-state index >= 15 is 0 Å². The molecular formula is C12H23N5. The van der Waals surface area contributed by atoms with E-state index in [0.717, 1.165) is 49.8 Å². The van der Waals surface area contributed by atoms with Gasteiger partial charge < -0.3 is 10.2 Å². The number of likely N-dealkylation sites (N-methyl/N-ethyl adjacent to an activating group) is 2. The molecule has 1 N–H and O–H groups in total. The zero-order valence-corrected chi connectivity index (χ0v) is 11.3. The highest BCUT2D eigenvalue weighted by Crippen LogP contribution is 2.09. The molecule has 0 saturated carbocycles. The summed E-state index contributed by atoms with van der Waals surface area (Å²) in [5, 5.41) is 11.7. The fourth-order valence-corrected chi connectivity index (χ4v) is 1.61. The number of aromatic nitrogens is 3. The van der Waals surface area contributed by atoms with Crippen LogP contribution in [-0.2, 0) is 12.8 Å².